The van der Waals surface area contributed by atoms with Crippen LogP contribution in [0.4, 0.5) is 0 Å². The van der Waals surface area contributed by atoms with E-state index in [0.29, 0.717) is 18.1 Å². The molecule has 2 fully saturated rings. The first kappa shape index (κ1) is 19.9. The van der Waals surface area contributed by atoms with Gasteiger partial charge in [-0.1, -0.05) is 44.4 Å². The van der Waals surface area contributed by atoms with E-state index in [9.17, 15) is 9.59 Å². The standard InChI is InChI=1S/C23H32O4/c1-16(2)15-26-22(25)23(19-10-4-5-11-19)13-7-12-20(23)27-21(24)18-9-6-8-17(3)14-18/h6,8-9,14,16,19-20H,4-5,7,10-13,15H2,1-3H3. The first-order chi connectivity index (χ1) is 12.9. The summed E-state index contributed by atoms with van der Waals surface area (Å²) in [5.41, 5.74) is 0.914. The third-order valence-electron chi connectivity index (χ3n) is 6.15. The van der Waals surface area contributed by atoms with Crippen molar-refractivity contribution in [2.75, 3.05) is 6.61 Å². The number of ether oxygens (including phenoxy) is 2. The predicted octanol–water partition coefficient (Wildman–Crippen LogP) is 5.08. The molecule has 0 radical (unpaired) electrons. The summed E-state index contributed by atoms with van der Waals surface area (Å²) in [4.78, 5) is 26.0. The topological polar surface area (TPSA) is 52.6 Å². The molecule has 2 aliphatic carbocycles. The monoisotopic (exact) mass is 372 g/mol. The second-order valence-electron chi connectivity index (χ2n) is 8.67. The van der Waals surface area contributed by atoms with Crippen molar-refractivity contribution in [1.82, 2.24) is 0 Å². The van der Waals surface area contributed by atoms with E-state index in [1.54, 1.807) is 6.07 Å². The Hall–Kier alpha value is -1.84. The molecular formula is C23H32O4. The zero-order valence-electron chi connectivity index (χ0n) is 16.8. The van der Waals surface area contributed by atoms with Crippen molar-refractivity contribution in [2.24, 2.45) is 17.3 Å². The van der Waals surface area contributed by atoms with Crippen LogP contribution in [0.25, 0.3) is 0 Å². The van der Waals surface area contributed by atoms with Gasteiger partial charge in [-0.2, -0.15) is 0 Å². The molecule has 4 nitrogen and oxygen atoms in total. The van der Waals surface area contributed by atoms with E-state index in [2.05, 4.69) is 0 Å². The summed E-state index contributed by atoms with van der Waals surface area (Å²) in [6.07, 6.45) is 6.35. The lowest BCUT2D eigenvalue weighted by atomic mass is 9.71. The van der Waals surface area contributed by atoms with Crippen LogP contribution in [0.3, 0.4) is 0 Å². The summed E-state index contributed by atoms with van der Waals surface area (Å²) >= 11 is 0. The van der Waals surface area contributed by atoms with Crippen LogP contribution in [0, 0.1) is 24.2 Å². The van der Waals surface area contributed by atoms with Gasteiger partial charge < -0.3 is 9.47 Å². The third kappa shape index (κ3) is 4.20. The van der Waals surface area contributed by atoms with Crippen molar-refractivity contribution in [3.8, 4) is 0 Å². The molecule has 27 heavy (non-hydrogen) atoms. The Labute approximate surface area is 162 Å². The number of hydrogen-bond donors (Lipinski definition) is 0. The second kappa shape index (κ2) is 8.45. The smallest absolute Gasteiger partial charge is 0.338 e. The van der Waals surface area contributed by atoms with Gasteiger partial charge in [0.25, 0.3) is 0 Å². The van der Waals surface area contributed by atoms with Gasteiger partial charge in [0.2, 0.25) is 0 Å². The zero-order chi connectivity index (χ0) is 19.4. The Morgan fingerprint density at radius 1 is 1.15 bits per heavy atom. The molecule has 4 heteroatoms. The lowest BCUT2D eigenvalue weighted by Gasteiger charge is -2.38. The van der Waals surface area contributed by atoms with Crippen molar-refractivity contribution >= 4 is 11.9 Å². The molecule has 0 aromatic heterocycles. The van der Waals surface area contributed by atoms with Crippen molar-refractivity contribution in [1.29, 1.82) is 0 Å². The molecule has 2 aliphatic rings. The fourth-order valence-electron chi connectivity index (χ4n) is 4.82. The molecule has 1 aromatic rings. The van der Waals surface area contributed by atoms with Crippen LogP contribution in [0.15, 0.2) is 24.3 Å². The Morgan fingerprint density at radius 3 is 2.56 bits per heavy atom. The van der Waals surface area contributed by atoms with E-state index in [1.165, 1.54) is 0 Å². The normalized spacial score (nSPS) is 25.7. The van der Waals surface area contributed by atoms with E-state index in [1.807, 2.05) is 39.0 Å². The highest BCUT2D eigenvalue weighted by atomic mass is 16.6. The quantitative estimate of drug-likeness (QED) is 0.654. The summed E-state index contributed by atoms with van der Waals surface area (Å²) in [5, 5.41) is 0. The summed E-state index contributed by atoms with van der Waals surface area (Å²) in [5.74, 6) is 0.0755. The number of benzene rings is 1. The Bertz CT molecular complexity index is 675. The van der Waals surface area contributed by atoms with Gasteiger partial charge in [-0.05, 0) is 63.0 Å². The first-order valence-electron chi connectivity index (χ1n) is 10.4. The van der Waals surface area contributed by atoms with Crippen molar-refractivity contribution < 1.29 is 19.1 Å². The molecule has 0 saturated heterocycles. The molecule has 3 rings (SSSR count). The van der Waals surface area contributed by atoms with Gasteiger partial charge >= 0.3 is 11.9 Å². The Kier molecular flexibility index (Phi) is 6.23. The van der Waals surface area contributed by atoms with Gasteiger partial charge in [-0.15, -0.1) is 0 Å². The zero-order valence-corrected chi connectivity index (χ0v) is 16.8. The van der Waals surface area contributed by atoms with Gasteiger partial charge in [0.1, 0.15) is 11.5 Å². The largest absolute Gasteiger partial charge is 0.465 e. The van der Waals surface area contributed by atoms with Gasteiger partial charge in [0.05, 0.1) is 12.2 Å². The molecule has 0 aliphatic heterocycles. The molecule has 1 aromatic carbocycles. The molecule has 0 N–H and O–H groups in total. The van der Waals surface area contributed by atoms with Crippen LogP contribution in [-0.4, -0.2) is 24.6 Å². The van der Waals surface area contributed by atoms with Crippen LogP contribution in [-0.2, 0) is 14.3 Å². The van der Waals surface area contributed by atoms with E-state index < -0.39 is 5.41 Å². The van der Waals surface area contributed by atoms with Gasteiger partial charge in [-0.3, -0.25) is 4.79 Å². The van der Waals surface area contributed by atoms with Crippen LogP contribution < -0.4 is 0 Å². The second-order valence-corrected chi connectivity index (χ2v) is 8.67. The summed E-state index contributed by atoms with van der Waals surface area (Å²) in [6, 6.07) is 7.43. The highest BCUT2D eigenvalue weighted by Gasteiger charge is 2.57. The maximum atomic E-state index is 13.2. The first-order valence-corrected chi connectivity index (χ1v) is 10.4. The molecule has 2 atom stereocenters. The lowest BCUT2D eigenvalue weighted by molar-refractivity contribution is -0.168. The van der Waals surface area contributed by atoms with E-state index in [-0.39, 0.29) is 24.0 Å². The maximum Gasteiger partial charge on any atom is 0.338 e. The maximum absolute atomic E-state index is 13.2. The Balaban J connectivity index is 1.82. The van der Waals surface area contributed by atoms with Crippen LogP contribution in [0.5, 0.6) is 0 Å². The highest BCUT2D eigenvalue weighted by molar-refractivity contribution is 5.90. The van der Waals surface area contributed by atoms with Crippen LogP contribution in [0.1, 0.15) is 74.7 Å². The number of rotatable bonds is 6. The van der Waals surface area contributed by atoms with Crippen molar-refractivity contribution in [3.63, 3.8) is 0 Å². The molecule has 2 saturated carbocycles. The molecule has 0 spiro atoms. The number of esters is 2. The summed E-state index contributed by atoms with van der Waals surface area (Å²) in [6.45, 7) is 6.46. The average Bonchev–Trinajstić information content (AvgIpc) is 3.30. The highest BCUT2D eigenvalue weighted by Crippen LogP contribution is 2.52. The Morgan fingerprint density at radius 2 is 1.89 bits per heavy atom. The average molecular weight is 373 g/mol. The van der Waals surface area contributed by atoms with Gasteiger partial charge in [0, 0.05) is 0 Å². The molecule has 2 unspecified atom stereocenters. The van der Waals surface area contributed by atoms with Crippen LogP contribution >= 0.6 is 0 Å². The summed E-state index contributed by atoms with van der Waals surface area (Å²) < 4.78 is 11.7. The SMILES string of the molecule is Cc1cccc(C(=O)OC2CCCC2(C(=O)OCC(C)C)C2CCCC2)c1. The number of carbonyl (C=O) groups is 2. The van der Waals surface area contributed by atoms with E-state index in [0.717, 1.165) is 50.5 Å². The molecule has 0 amide bonds. The van der Waals surface area contributed by atoms with Crippen LogP contribution in [0.2, 0.25) is 0 Å². The van der Waals surface area contributed by atoms with E-state index in [4.69, 9.17) is 9.47 Å². The minimum atomic E-state index is -0.662. The minimum absolute atomic E-state index is 0.150. The third-order valence-corrected chi connectivity index (χ3v) is 6.15. The number of carbonyl (C=O) groups excluding carboxylic acids is 2. The minimum Gasteiger partial charge on any atom is -0.465 e. The number of aryl methyl sites for hydroxylation is 1. The number of hydrogen-bond acceptors (Lipinski definition) is 4. The fourth-order valence-corrected chi connectivity index (χ4v) is 4.82. The van der Waals surface area contributed by atoms with Gasteiger partial charge in [-0.25, -0.2) is 4.79 Å². The van der Waals surface area contributed by atoms with Crippen molar-refractivity contribution in [2.45, 2.75) is 71.8 Å². The molecule has 0 heterocycles. The van der Waals surface area contributed by atoms with E-state index >= 15 is 0 Å². The van der Waals surface area contributed by atoms with Gasteiger partial charge in [0.15, 0.2) is 0 Å². The van der Waals surface area contributed by atoms with Crippen molar-refractivity contribution in [3.05, 3.63) is 35.4 Å². The summed E-state index contributed by atoms with van der Waals surface area (Å²) in [7, 11) is 0. The molecule has 0 bridgehead atoms. The molecule has 148 valence electrons. The fraction of sp³-hybridized carbons (Fsp3) is 0.652. The molecular weight excluding hydrogens is 340 g/mol. The lowest BCUT2D eigenvalue weighted by Crippen LogP contribution is -2.47. The predicted molar refractivity (Wildman–Crippen MR) is 104 cm³/mol.